The van der Waals surface area contributed by atoms with Gasteiger partial charge in [0.2, 0.25) is 0 Å². The van der Waals surface area contributed by atoms with Crippen molar-refractivity contribution >= 4 is 46.8 Å². The van der Waals surface area contributed by atoms with E-state index in [0.29, 0.717) is 12.3 Å². The number of aromatic nitrogens is 2. The molecule has 1 saturated heterocycles. The van der Waals surface area contributed by atoms with E-state index in [9.17, 15) is 9.59 Å². The summed E-state index contributed by atoms with van der Waals surface area (Å²) in [6.45, 7) is 3.34. The molecule has 10 nitrogen and oxygen atoms in total. The molecule has 6 N–H and O–H groups in total. The lowest BCUT2D eigenvalue weighted by Gasteiger charge is -2.33. The van der Waals surface area contributed by atoms with E-state index in [1.165, 1.54) is 5.56 Å². The van der Waals surface area contributed by atoms with Gasteiger partial charge in [-0.05, 0) is 62.7 Å². The van der Waals surface area contributed by atoms with Crippen molar-refractivity contribution in [3.63, 3.8) is 0 Å². The zero-order chi connectivity index (χ0) is 25.9. The van der Waals surface area contributed by atoms with E-state index in [0.717, 1.165) is 51.1 Å². The average Bonchev–Trinajstić information content (AvgIpc) is 2.86. The normalized spacial score (nSPS) is 15.9. The number of hydrogen-bond acceptors (Lipinski definition) is 9. The Bertz CT molecular complexity index is 1030. The van der Waals surface area contributed by atoms with Gasteiger partial charge in [0.1, 0.15) is 5.75 Å². The van der Waals surface area contributed by atoms with Gasteiger partial charge >= 0.3 is 0 Å². The van der Waals surface area contributed by atoms with E-state index in [1.54, 1.807) is 11.8 Å². The molecule has 3 rings (SSSR count). The molecular formula is C24H34ClN7O3S. The number of carbonyl (C=O) groups excluding carboxylic acids is 2. The Kier molecular flexibility index (Phi) is 10.9. The number of hydrogen-bond donors (Lipinski definition) is 4. The van der Waals surface area contributed by atoms with Crippen LogP contribution in [0.5, 0.6) is 5.75 Å². The molecule has 1 fully saturated rings. The number of aryl methyl sites for hydroxylation is 1. The molecule has 2 aromatic rings. The zero-order valence-electron chi connectivity index (χ0n) is 20.5. The topological polar surface area (TPSA) is 148 Å². The molecule has 1 aliphatic heterocycles. The number of thioether (sulfide) groups is 1. The largest absolute Gasteiger partial charge is 0.484 e. The van der Waals surface area contributed by atoms with Gasteiger partial charge in [-0.3, -0.25) is 9.59 Å². The number of benzene rings is 1. The lowest BCUT2D eigenvalue weighted by molar-refractivity contribution is -0.122. The second-order valence-electron chi connectivity index (χ2n) is 8.63. The van der Waals surface area contributed by atoms with E-state index in [2.05, 4.69) is 25.5 Å². The minimum Gasteiger partial charge on any atom is -0.484 e. The molecule has 12 heteroatoms. The van der Waals surface area contributed by atoms with E-state index < -0.39 is 5.91 Å². The molecule has 36 heavy (non-hydrogen) atoms. The molecule has 1 aromatic carbocycles. The highest BCUT2D eigenvalue weighted by Gasteiger charge is 2.24. The van der Waals surface area contributed by atoms with Crippen LogP contribution >= 0.6 is 23.4 Å². The van der Waals surface area contributed by atoms with Crippen LogP contribution in [0, 0.1) is 0 Å². The molecule has 1 aromatic heterocycles. The molecule has 0 unspecified atom stereocenters. The van der Waals surface area contributed by atoms with Gasteiger partial charge in [0, 0.05) is 24.9 Å². The number of likely N-dealkylation sites (tertiary alicyclic amines) is 1. The average molecular weight is 536 g/mol. The minimum absolute atomic E-state index is 0.00116. The Morgan fingerprint density at radius 1 is 1.22 bits per heavy atom. The number of ether oxygens (including phenoxy) is 1. The first-order valence-electron chi connectivity index (χ1n) is 11.9. The number of piperidine rings is 1. The second kappa shape index (κ2) is 14.1. The highest BCUT2D eigenvalue weighted by atomic mass is 35.5. The van der Waals surface area contributed by atoms with Gasteiger partial charge in [0.25, 0.3) is 11.8 Å². The van der Waals surface area contributed by atoms with Crippen molar-refractivity contribution in [1.29, 1.82) is 0 Å². The first-order valence-corrected chi connectivity index (χ1v) is 13.7. The standard InChI is InChI=1S/C24H34ClN7O3S/c1-36-13-10-28-19(33)15-35-18-8-6-16(7-9-18)4-2-11-32-12-3-5-17(14-32)29-24(34)20-22(26)31-23(27)21(25)30-20/h6-9,17H,2-5,10-15H2,1H3,(H,28,33)(H,29,34)(H4,26,27,31)/t17-/m0/s1. The fourth-order valence-corrected chi connectivity index (χ4v) is 4.42. The van der Waals surface area contributed by atoms with Crippen molar-refractivity contribution < 1.29 is 14.3 Å². The van der Waals surface area contributed by atoms with Gasteiger partial charge in [0.15, 0.2) is 29.1 Å². The number of nitrogens with two attached hydrogens (primary N) is 2. The molecule has 2 amide bonds. The van der Waals surface area contributed by atoms with Crippen molar-refractivity contribution in [2.45, 2.75) is 31.7 Å². The fourth-order valence-electron chi connectivity index (χ4n) is 3.99. The smallest absolute Gasteiger partial charge is 0.274 e. The third kappa shape index (κ3) is 8.72. The van der Waals surface area contributed by atoms with Crippen LogP contribution < -0.4 is 26.8 Å². The summed E-state index contributed by atoms with van der Waals surface area (Å²) in [5.41, 5.74) is 12.6. The van der Waals surface area contributed by atoms with Gasteiger partial charge < -0.3 is 31.7 Å². The first kappa shape index (κ1) is 27.8. The Labute approximate surface area is 220 Å². The molecule has 0 spiro atoms. The predicted octanol–water partition coefficient (Wildman–Crippen LogP) is 1.98. The summed E-state index contributed by atoms with van der Waals surface area (Å²) in [5, 5.41) is 5.78. The third-order valence-electron chi connectivity index (χ3n) is 5.82. The van der Waals surface area contributed by atoms with Crippen molar-refractivity contribution in [3.8, 4) is 5.75 Å². The Morgan fingerprint density at radius 3 is 2.75 bits per heavy atom. The lowest BCUT2D eigenvalue weighted by Crippen LogP contribution is -2.48. The van der Waals surface area contributed by atoms with Crippen molar-refractivity contribution in [3.05, 3.63) is 40.7 Å². The molecule has 1 aliphatic rings. The maximum atomic E-state index is 12.6. The summed E-state index contributed by atoms with van der Waals surface area (Å²) < 4.78 is 5.56. The lowest BCUT2D eigenvalue weighted by atomic mass is 10.0. The molecule has 0 radical (unpaired) electrons. The highest BCUT2D eigenvalue weighted by Crippen LogP contribution is 2.19. The Morgan fingerprint density at radius 2 is 2.00 bits per heavy atom. The summed E-state index contributed by atoms with van der Waals surface area (Å²) in [7, 11) is 0. The second-order valence-corrected chi connectivity index (χ2v) is 9.97. The molecular weight excluding hydrogens is 502 g/mol. The van der Waals surface area contributed by atoms with Crippen LogP contribution in [0.2, 0.25) is 5.15 Å². The van der Waals surface area contributed by atoms with Gasteiger partial charge in [-0.15, -0.1) is 0 Å². The number of nitrogen functional groups attached to an aromatic ring is 2. The highest BCUT2D eigenvalue weighted by molar-refractivity contribution is 7.98. The van der Waals surface area contributed by atoms with Crippen molar-refractivity contribution in [2.75, 3.05) is 56.3 Å². The minimum atomic E-state index is -0.395. The number of amides is 2. The molecule has 0 bridgehead atoms. The Balaban J connectivity index is 1.38. The number of halogens is 1. The van der Waals surface area contributed by atoms with E-state index >= 15 is 0 Å². The predicted molar refractivity (Wildman–Crippen MR) is 144 cm³/mol. The van der Waals surface area contributed by atoms with Gasteiger partial charge in [-0.25, -0.2) is 9.97 Å². The van der Waals surface area contributed by atoms with E-state index in [4.69, 9.17) is 27.8 Å². The maximum absolute atomic E-state index is 12.6. The molecule has 0 aliphatic carbocycles. The Hall–Kier alpha value is -2.76. The monoisotopic (exact) mass is 535 g/mol. The summed E-state index contributed by atoms with van der Waals surface area (Å²) >= 11 is 7.58. The summed E-state index contributed by atoms with van der Waals surface area (Å²) in [5.74, 6) is 1.03. The maximum Gasteiger partial charge on any atom is 0.274 e. The molecule has 1 atom stereocenters. The van der Waals surface area contributed by atoms with Crippen LogP contribution in [0.3, 0.4) is 0 Å². The number of nitrogens with zero attached hydrogens (tertiary/aromatic N) is 3. The van der Waals surface area contributed by atoms with Gasteiger partial charge in [-0.1, -0.05) is 23.7 Å². The van der Waals surface area contributed by atoms with Crippen LogP contribution in [0.25, 0.3) is 0 Å². The van der Waals surface area contributed by atoms with Gasteiger partial charge in [-0.2, -0.15) is 11.8 Å². The number of nitrogens with one attached hydrogen (secondary N) is 2. The van der Waals surface area contributed by atoms with Crippen molar-refractivity contribution in [1.82, 2.24) is 25.5 Å². The van der Waals surface area contributed by atoms with Crippen LogP contribution in [0.1, 0.15) is 35.3 Å². The number of anilines is 2. The quantitative estimate of drug-likeness (QED) is 0.299. The SMILES string of the molecule is CSCCNC(=O)COc1ccc(CCCN2CCC[C@H](NC(=O)c3nc(Cl)c(N)nc3N)C2)cc1. The third-order valence-corrected chi connectivity index (χ3v) is 6.71. The molecule has 196 valence electrons. The van der Waals surface area contributed by atoms with Crippen LogP contribution in [-0.4, -0.2) is 77.5 Å². The number of rotatable bonds is 12. The molecule has 2 heterocycles. The zero-order valence-corrected chi connectivity index (χ0v) is 22.0. The fraction of sp³-hybridized carbons (Fsp3) is 0.500. The molecule has 0 saturated carbocycles. The van der Waals surface area contributed by atoms with Crippen LogP contribution in [-0.2, 0) is 11.2 Å². The van der Waals surface area contributed by atoms with Crippen molar-refractivity contribution in [2.24, 2.45) is 0 Å². The van der Waals surface area contributed by atoms with Crippen LogP contribution in [0.15, 0.2) is 24.3 Å². The summed E-state index contributed by atoms with van der Waals surface area (Å²) in [6, 6.07) is 7.86. The van der Waals surface area contributed by atoms with Gasteiger partial charge in [0.05, 0.1) is 0 Å². The van der Waals surface area contributed by atoms with Crippen LogP contribution in [0.4, 0.5) is 11.6 Å². The summed E-state index contributed by atoms with van der Waals surface area (Å²) in [6.07, 6.45) is 5.80. The first-order chi connectivity index (χ1) is 17.4. The van der Waals surface area contributed by atoms with E-state index in [1.807, 2.05) is 30.5 Å². The van der Waals surface area contributed by atoms with E-state index in [-0.39, 0.29) is 41.0 Å². The summed E-state index contributed by atoms with van der Waals surface area (Å²) in [4.78, 5) is 34.6. The number of carbonyl (C=O) groups is 2.